The zero-order chi connectivity index (χ0) is 16.0. The lowest BCUT2D eigenvalue weighted by Gasteiger charge is -2.55. The van der Waals surface area contributed by atoms with Gasteiger partial charge in [-0.05, 0) is 73.3 Å². The summed E-state index contributed by atoms with van der Waals surface area (Å²) in [7, 11) is 0. The second-order valence-electron chi connectivity index (χ2n) is 8.80. The average molecular weight is 310 g/mol. The molecule has 4 unspecified atom stereocenters. The highest BCUT2D eigenvalue weighted by Gasteiger charge is 2.57. The molecule has 0 amide bonds. The number of carbonyl (C=O) groups excluding carboxylic acids is 1. The van der Waals surface area contributed by atoms with E-state index < -0.39 is 0 Å². The Balaban J connectivity index is 1.58. The van der Waals surface area contributed by atoms with Gasteiger partial charge in [0.2, 0.25) is 0 Å². The van der Waals surface area contributed by atoms with Gasteiger partial charge < -0.3 is 0 Å². The van der Waals surface area contributed by atoms with Gasteiger partial charge in [-0.3, -0.25) is 4.79 Å². The molecule has 1 nitrogen and oxygen atoms in total. The van der Waals surface area contributed by atoms with E-state index in [2.05, 4.69) is 38.1 Å². The van der Waals surface area contributed by atoms with Crippen molar-refractivity contribution in [1.29, 1.82) is 0 Å². The van der Waals surface area contributed by atoms with E-state index in [4.69, 9.17) is 0 Å². The van der Waals surface area contributed by atoms with Crippen LogP contribution in [-0.2, 0) is 11.2 Å². The van der Waals surface area contributed by atoms with E-state index in [-0.39, 0.29) is 5.41 Å². The average Bonchev–Trinajstić information content (AvgIpc) is 2.57. The molecule has 0 aliphatic heterocycles. The molecule has 0 bridgehead atoms. The van der Waals surface area contributed by atoms with Crippen molar-refractivity contribution >= 4 is 5.78 Å². The summed E-state index contributed by atoms with van der Waals surface area (Å²) in [6.07, 6.45) is 9.60. The molecule has 1 spiro atoms. The molecule has 1 heteroatoms. The smallest absolute Gasteiger partial charge is 0.139 e. The van der Waals surface area contributed by atoms with Crippen LogP contribution in [0.3, 0.4) is 0 Å². The molecule has 124 valence electrons. The van der Waals surface area contributed by atoms with Crippen molar-refractivity contribution in [1.82, 2.24) is 0 Å². The second-order valence-corrected chi connectivity index (χ2v) is 8.80. The first kappa shape index (κ1) is 15.4. The Morgan fingerprint density at radius 1 is 1.22 bits per heavy atom. The van der Waals surface area contributed by atoms with Crippen LogP contribution >= 0.6 is 0 Å². The number of hydrogen-bond acceptors (Lipinski definition) is 1. The van der Waals surface area contributed by atoms with E-state index in [0.717, 1.165) is 24.7 Å². The van der Waals surface area contributed by atoms with E-state index in [9.17, 15) is 4.79 Å². The summed E-state index contributed by atoms with van der Waals surface area (Å²) >= 11 is 0. The summed E-state index contributed by atoms with van der Waals surface area (Å²) < 4.78 is 0. The molecule has 2 fully saturated rings. The Kier molecular flexibility index (Phi) is 3.86. The molecule has 2 saturated carbocycles. The lowest BCUT2D eigenvalue weighted by Crippen LogP contribution is -2.53. The molecule has 3 aliphatic rings. The van der Waals surface area contributed by atoms with Crippen LogP contribution in [-0.4, -0.2) is 5.78 Å². The van der Waals surface area contributed by atoms with E-state index >= 15 is 0 Å². The summed E-state index contributed by atoms with van der Waals surface area (Å²) in [6.45, 7) is 4.61. The summed E-state index contributed by atoms with van der Waals surface area (Å²) in [5.41, 5.74) is 3.18. The maximum absolute atomic E-state index is 12.6. The van der Waals surface area contributed by atoms with Gasteiger partial charge in [0.25, 0.3) is 0 Å². The molecule has 0 N–H and O–H groups in total. The second kappa shape index (κ2) is 5.76. The van der Waals surface area contributed by atoms with Crippen LogP contribution in [0.1, 0.15) is 75.8 Å². The maximum atomic E-state index is 12.6. The van der Waals surface area contributed by atoms with Crippen LogP contribution in [0.5, 0.6) is 0 Å². The van der Waals surface area contributed by atoms with Gasteiger partial charge in [-0.1, -0.05) is 44.5 Å². The predicted octanol–water partition coefficient (Wildman–Crippen LogP) is 5.53. The Morgan fingerprint density at radius 3 is 2.83 bits per heavy atom. The molecule has 0 heterocycles. The molecule has 4 atom stereocenters. The van der Waals surface area contributed by atoms with E-state index in [1.807, 2.05) is 0 Å². The lowest BCUT2D eigenvalue weighted by atomic mass is 9.47. The van der Waals surface area contributed by atoms with E-state index in [1.165, 1.54) is 38.5 Å². The highest BCUT2D eigenvalue weighted by atomic mass is 16.1. The van der Waals surface area contributed by atoms with E-state index in [0.29, 0.717) is 17.6 Å². The van der Waals surface area contributed by atoms with Crippen molar-refractivity contribution in [2.45, 2.75) is 71.1 Å². The predicted molar refractivity (Wildman–Crippen MR) is 94.5 cm³/mol. The van der Waals surface area contributed by atoms with E-state index in [1.54, 1.807) is 11.1 Å². The third-order valence-corrected chi connectivity index (χ3v) is 7.21. The highest BCUT2D eigenvalue weighted by Crippen LogP contribution is 2.61. The fourth-order valence-electron chi connectivity index (χ4n) is 5.74. The largest absolute Gasteiger partial charge is 0.299 e. The maximum Gasteiger partial charge on any atom is 0.139 e. The van der Waals surface area contributed by atoms with Crippen LogP contribution in [0.4, 0.5) is 0 Å². The first-order valence-corrected chi connectivity index (χ1v) is 9.71. The van der Waals surface area contributed by atoms with Crippen molar-refractivity contribution in [3.05, 3.63) is 35.4 Å². The number of carbonyl (C=O) groups is 1. The Morgan fingerprint density at radius 2 is 2.04 bits per heavy atom. The molecule has 4 rings (SSSR count). The Hall–Kier alpha value is -1.11. The molecule has 23 heavy (non-hydrogen) atoms. The third-order valence-electron chi connectivity index (χ3n) is 7.21. The number of benzene rings is 1. The number of ketones is 1. The molecule has 0 saturated heterocycles. The molecule has 1 aromatic carbocycles. The Labute approximate surface area is 140 Å². The molecule has 1 aromatic rings. The number of aryl methyl sites for hydroxylation is 1. The first-order valence-electron chi connectivity index (χ1n) is 9.71. The zero-order valence-corrected chi connectivity index (χ0v) is 14.7. The lowest BCUT2D eigenvalue weighted by molar-refractivity contribution is -0.153. The van der Waals surface area contributed by atoms with Gasteiger partial charge in [0.15, 0.2) is 0 Å². The topological polar surface area (TPSA) is 17.1 Å². The summed E-state index contributed by atoms with van der Waals surface area (Å²) in [4.78, 5) is 12.6. The van der Waals surface area contributed by atoms with Crippen molar-refractivity contribution in [3.8, 4) is 0 Å². The molecule has 0 aromatic heterocycles. The summed E-state index contributed by atoms with van der Waals surface area (Å²) in [6, 6.07) is 9.03. The third kappa shape index (κ3) is 2.47. The van der Waals surface area contributed by atoms with Gasteiger partial charge >= 0.3 is 0 Å². The number of rotatable bonds is 3. The number of fused-ring (bicyclic) bond motifs is 3. The molecule has 0 radical (unpaired) electrons. The monoisotopic (exact) mass is 310 g/mol. The number of Topliss-reactive ketones (excluding diaryl/α,β-unsaturated/α-hetero) is 1. The van der Waals surface area contributed by atoms with Gasteiger partial charge in [0.05, 0.1) is 0 Å². The molecule has 3 aliphatic carbocycles. The van der Waals surface area contributed by atoms with Gasteiger partial charge in [0.1, 0.15) is 5.78 Å². The standard InChI is InChI=1S/C22H30O/c1-15(2)7-10-18-13-21(23)22(18)12-11-17-9-8-16-5-3-4-6-19(16)20(17)14-22/h3-6,15,17-18,20H,7-14H2,1-2H3. The summed E-state index contributed by atoms with van der Waals surface area (Å²) in [5.74, 6) is 3.50. The van der Waals surface area contributed by atoms with Crippen LogP contribution in [0.15, 0.2) is 24.3 Å². The number of hydrogen-bond donors (Lipinski definition) is 0. The zero-order valence-electron chi connectivity index (χ0n) is 14.7. The minimum Gasteiger partial charge on any atom is -0.299 e. The fourth-order valence-corrected chi connectivity index (χ4v) is 5.74. The minimum atomic E-state index is 0.0561. The van der Waals surface area contributed by atoms with Crippen LogP contribution in [0, 0.1) is 23.2 Å². The minimum absolute atomic E-state index is 0.0561. The van der Waals surface area contributed by atoms with Crippen molar-refractivity contribution in [2.75, 3.05) is 0 Å². The van der Waals surface area contributed by atoms with Crippen molar-refractivity contribution in [2.24, 2.45) is 23.2 Å². The first-order chi connectivity index (χ1) is 11.1. The molecular weight excluding hydrogens is 280 g/mol. The normalized spacial score (nSPS) is 35.8. The SMILES string of the molecule is CC(C)CCC1CC(=O)C12CCC1CCc3ccccc3C1C2. The van der Waals surface area contributed by atoms with Crippen molar-refractivity contribution < 1.29 is 4.79 Å². The van der Waals surface area contributed by atoms with Gasteiger partial charge in [-0.25, -0.2) is 0 Å². The highest BCUT2D eigenvalue weighted by molar-refractivity contribution is 5.91. The Bertz CT molecular complexity index is 602. The van der Waals surface area contributed by atoms with Crippen molar-refractivity contribution in [3.63, 3.8) is 0 Å². The molecular formula is C22H30O. The van der Waals surface area contributed by atoms with Crippen LogP contribution in [0.2, 0.25) is 0 Å². The summed E-state index contributed by atoms with van der Waals surface area (Å²) in [5, 5.41) is 0. The van der Waals surface area contributed by atoms with Gasteiger partial charge in [-0.2, -0.15) is 0 Å². The quantitative estimate of drug-likeness (QED) is 0.717. The van der Waals surface area contributed by atoms with Gasteiger partial charge in [0, 0.05) is 11.8 Å². The van der Waals surface area contributed by atoms with Crippen LogP contribution < -0.4 is 0 Å². The van der Waals surface area contributed by atoms with Crippen LogP contribution in [0.25, 0.3) is 0 Å². The van der Waals surface area contributed by atoms with Gasteiger partial charge in [-0.15, -0.1) is 0 Å². The fraction of sp³-hybridized carbons (Fsp3) is 0.682.